The third-order valence-corrected chi connectivity index (χ3v) is 4.71. The number of halogens is 1. The van der Waals surface area contributed by atoms with E-state index in [9.17, 15) is 4.79 Å². The molecule has 0 aliphatic carbocycles. The summed E-state index contributed by atoms with van der Waals surface area (Å²) < 4.78 is 1.00. The molecule has 1 fully saturated rings. The largest absolute Gasteiger partial charge is 0.326 e. The van der Waals surface area contributed by atoms with Crippen LogP contribution in [-0.4, -0.2) is 42.0 Å². The molecule has 126 valence electrons. The van der Waals surface area contributed by atoms with Crippen molar-refractivity contribution in [3.8, 4) is 0 Å². The Morgan fingerprint density at radius 1 is 1.33 bits per heavy atom. The Morgan fingerprint density at radius 3 is 2.92 bits per heavy atom. The van der Waals surface area contributed by atoms with Crippen LogP contribution in [0.5, 0.6) is 0 Å². The molecule has 1 aromatic heterocycles. The van der Waals surface area contributed by atoms with Crippen LogP contribution in [0.2, 0.25) is 0 Å². The van der Waals surface area contributed by atoms with Crippen molar-refractivity contribution in [1.29, 1.82) is 0 Å². The zero-order valence-electron chi connectivity index (χ0n) is 13.4. The molecular formula is C18H21BrN4O. The number of benzene rings is 1. The summed E-state index contributed by atoms with van der Waals surface area (Å²) in [6, 6.07) is 12.0. The lowest BCUT2D eigenvalue weighted by atomic mass is 10.1. The summed E-state index contributed by atoms with van der Waals surface area (Å²) in [7, 11) is 0. The van der Waals surface area contributed by atoms with Gasteiger partial charge >= 0.3 is 0 Å². The van der Waals surface area contributed by atoms with Crippen LogP contribution >= 0.6 is 15.9 Å². The molecule has 2 aromatic rings. The van der Waals surface area contributed by atoms with Crippen LogP contribution in [0.4, 0.5) is 5.69 Å². The van der Waals surface area contributed by atoms with Crippen molar-refractivity contribution >= 4 is 27.5 Å². The molecule has 2 heterocycles. The first-order chi connectivity index (χ1) is 11.7. The molecule has 1 saturated heterocycles. The number of amides is 1. The number of anilines is 1. The fourth-order valence-electron chi connectivity index (χ4n) is 2.92. The van der Waals surface area contributed by atoms with Crippen LogP contribution < -0.4 is 10.6 Å². The van der Waals surface area contributed by atoms with Crippen molar-refractivity contribution in [1.82, 2.24) is 15.2 Å². The number of aromatic nitrogens is 1. The quantitative estimate of drug-likeness (QED) is 0.826. The van der Waals surface area contributed by atoms with Crippen molar-refractivity contribution in [2.45, 2.75) is 12.5 Å². The normalized spacial score (nSPS) is 18.3. The number of carbonyl (C=O) groups excluding carboxylic acids is 1. The SMILES string of the molecule is O=C(CCN1CCNCC1c1cccnc1)Nc1ccc(Br)cc1. The van der Waals surface area contributed by atoms with Crippen LogP contribution in [0.15, 0.2) is 53.3 Å². The first kappa shape index (κ1) is 17.1. The molecule has 24 heavy (non-hydrogen) atoms. The van der Waals surface area contributed by atoms with Gasteiger partial charge in [-0.2, -0.15) is 0 Å². The maximum Gasteiger partial charge on any atom is 0.225 e. The first-order valence-electron chi connectivity index (χ1n) is 8.12. The topological polar surface area (TPSA) is 57.3 Å². The number of nitrogens with one attached hydrogen (secondary N) is 2. The summed E-state index contributed by atoms with van der Waals surface area (Å²) in [5, 5.41) is 6.37. The first-order valence-corrected chi connectivity index (χ1v) is 8.92. The predicted molar refractivity (Wildman–Crippen MR) is 98.8 cm³/mol. The van der Waals surface area contributed by atoms with Gasteiger partial charge < -0.3 is 10.6 Å². The number of hydrogen-bond donors (Lipinski definition) is 2. The highest BCUT2D eigenvalue weighted by Crippen LogP contribution is 2.21. The molecule has 5 nitrogen and oxygen atoms in total. The van der Waals surface area contributed by atoms with Crippen molar-refractivity contribution in [2.75, 3.05) is 31.5 Å². The van der Waals surface area contributed by atoms with Crippen molar-refractivity contribution in [2.24, 2.45) is 0 Å². The lowest BCUT2D eigenvalue weighted by Gasteiger charge is -2.36. The molecule has 1 unspecified atom stereocenters. The Labute approximate surface area is 150 Å². The maximum absolute atomic E-state index is 12.2. The smallest absolute Gasteiger partial charge is 0.225 e. The Hall–Kier alpha value is -1.76. The number of hydrogen-bond acceptors (Lipinski definition) is 4. The molecule has 0 spiro atoms. The lowest BCUT2D eigenvalue weighted by Crippen LogP contribution is -2.46. The van der Waals surface area contributed by atoms with Crippen LogP contribution in [-0.2, 0) is 4.79 Å². The van der Waals surface area contributed by atoms with E-state index in [0.717, 1.165) is 36.3 Å². The van der Waals surface area contributed by atoms with Crippen LogP contribution in [0, 0.1) is 0 Å². The average molecular weight is 389 g/mol. The fourth-order valence-corrected chi connectivity index (χ4v) is 3.18. The highest BCUT2D eigenvalue weighted by atomic mass is 79.9. The van der Waals surface area contributed by atoms with E-state index in [4.69, 9.17) is 0 Å². The molecule has 6 heteroatoms. The summed E-state index contributed by atoms with van der Waals surface area (Å²) >= 11 is 3.39. The molecule has 0 saturated carbocycles. The van der Waals surface area contributed by atoms with Gasteiger partial charge in [0.25, 0.3) is 0 Å². The Balaban J connectivity index is 1.55. The van der Waals surface area contributed by atoms with E-state index in [1.54, 1.807) is 6.20 Å². The average Bonchev–Trinajstić information content (AvgIpc) is 2.63. The highest BCUT2D eigenvalue weighted by molar-refractivity contribution is 9.10. The number of rotatable bonds is 5. The summed E-state index contributed by atoms with van der Waals surface area (Å²) in [5.74, 6) is 0.0424. The summed E-state index contributed by atoms with van der Waals surface area (Å²) in [4.78, 5) is 18.8. The van der Waals surface area contributed by atoms with Crippen LogP contribution in [0.25, 0.3) is 0 Å². The standard InChI is InChI=1S/C18H21BrN4O/c19-15-3-5-16(6-4-15)22-18(24)7-10-23-11-9-21-13-17(23)14-2-1-8-20-12-14/h1-6,8,12,17,21H,7,9-11,13H2,(H,22,24). The second kappa shape index (κ2) is 8.37. The Morgan fingerprint density at radius 2 is 2.17 bits per heavy atom. The Bertz CT molecular complexity index is 662. The highest BCUT2D eigenvalue weighted by Gasteiger charge is 2.24. The van der Waals surface area contributed by atoms with Crippen molar-refractivity contribution < 1.29 is 4.79 Å². The van der Waals surface area contributed by atoms with Crippen LogP contribution in [0.1, 0.15) is 18.0 Å². The maximum atomic E-state index is 12.2. The van der Waals surface area contributed by atoms with Gasteiger partial charge in [-0.25, -0.2) is 0 Å². The van der Waals surface area contributed by atoms with Gasteiger partial charge in [0, 0.05) is 61.2 Å². The molecule has 1 amide bonds. The molecular weight excluding hydrogens is 368 g/mol. The summed E-state index contributed by atoms with van der Waals surface area (Å²) in [6.07, 6.45) is 4.18. The van der Waals surface area contributed by atoms with E-state index in [-0.39, 0.29) is 11.9 Å². The molecule has 1 aliphatic rings. The minimum Gasteiger partial charge on any atom is -0.326 e. The molecule has 0 radical (unpaired) electrons. The van der Waals surface area contributed by atoms with Gasteiger partial charge in [-0.1, -0.05) is 22.0 Å². The molecule has 0 bridgehead atoms. The lowest BCUT2D eigenvalue weighted by molar-refractivity contribution is -0.116. The zero-order valence-corrected chi connectivity index (χ0v) is 15.0. The van der Waals surface area contributed by atoms with E-state index >= 15 is 0 Å². The van der Waals surface area contributed by atoms with Gasteiger partial charge in [-0.15, -0.1) is 0 Å². The number of piperazine rings is 1. The van der Waals surface area contributed by atoms with Gasteiger partial charge in [0.15, 0.2) is 0 Å². The monoisotopic (exact) mass is 388 g/mol. The number of pyridine rings is 1. The van der Waals surface area contributed by atoms with Gasteiger partial charge in [0.2, 0.25) is 5.91 Å². The van der Waals surface area contributed by atoms with E-state index in [1.165, 1.54) is 5.56 Å². The fraction of sp³-hybridized carbons (Fsp3) is 0.333. The predicted octanol–water partition coefficient (Wildman–Crippen LogP) is 2.82. The van der Waals surface area contributed by atoms with Crippen molar-refractivity contribution in [3.05, 3.63) is 58.8 Å². The molecule has 1 atom stereocenters. The van der Waals surface area contributed by atoms with E-state index < -0.39 is 0 Å². The Kier molecular flexibility index (Phi) is 5.96. The third kappa shape index (κ3) is 4.63. The van der Waals surface area contributed by atoms with Gasteiger partial charge in [-0.05, 0) is 35.9 Å². The van der Waals surface area contributed by atoms with E-state index in [0.29, 0.717) is 6.42 Å². The van der Waals surface area contributed by atoms with Crippen molar-refractivity contribution in [3.63, 3.8) is 0 Å². The minimum absolute atomic E-state index is 0.0424. The second-order valence-electron chi connectivity index (χ2n) is 5.85. The summed E-state index contributed by atoms with van der Waals surface area (Å²) in [5.41, 5.74) is 2.02. The number of nitrogens with zero attached hydrogens (tertiary/aromatic N) is 2. The molecule has 2 N–H and O–H groups in total. The van der Waals surface area contributed by atoms with E-state index in [1.807, 2.05) is 36.5 Å². The van der Waals surface area contributed by atoms with E-state index in [2.05, 4.69) is 42.5 Å². The number of carbonyl (C=O) groups is 1. The zero-order chi connectivity index (χ0) is 16.8. The van der Waals surface area contributed by atoms with Gasteiger partial charge in [0.1, 0.15) is 0 Å². The second-order valence-corrected chi connectivity index (χ2v) is 6.76. The van der Waals surface area contributed by atoms with Gasteiger partial charge in [0.05, 0.1) is 0 Å². The molecule has 3 rings (SSSR count). The minimum atomic E-state index is 0.0424. The van der Waals surface area contributed by atoms with Gasteiger partial charge in [-0.3, -0.25) is 14.7 Å². The van der Waals surface area contributed by atoms with Crippen LogP contribution in [0.3, 0.4) is 0 Å². The third-order valence-electron chi connectivity index (χ3n) is 4.18. The summed E-state index contributed by atoms with van der Waals surface area (Å²) in [6.45, 7) is 3.51. The molecule has 1 aromatic carbocycles. The molecule has 1 aliphatic heterocycles.